The molecular formula is C32H40FN5O3. The second kappa shape index (κ2) is 13.6. The Morgan fingerprint density at radius 3 is 2.66 bits per heavy atom. The number of aromatic nitrogens is 2. The molecule has 2 amide bonds. The minimum absolute atomic E-state index is 0.0537. The predicted octanol–water partition coefficient (Wildman–Crippen LogP) is 5.93. The van der Waals surface area contributed by atoms with Gasteiger partial charge in [-0.15, -0.1) is 0 Å². The molecule has 0 radical (unpaired) electrons. The minimum Gasteiger partial charge on any atom is -0.444 e. The smallest absolute Gasteiger partial charge is 0.410 e. The van der Waals surface area contributed by atoms with Crippen LogP contribution in [0.3, 0.4) is 0 Å². The quantitative estimate of drug-likeness (QED) is 0.348. The number of carbonyl (C=O) groups excluding carboxylic acids is 2. The van der Waals surface area contributed by atoms with Gasteiger partial charge in [-0.05, 0) is 82.3 Å². The molecule has 8 nitrogen and oxygen atoms in total. The number of anilines is 1. The summed E-state index contributed by atoms with van der Waals surface area (Å²) in [5, 5.41) is 3.22. The second-order valence-corrected chi connectivity index (χ2v) is 11.4. The van der Waals surface area contributed by atoms with E-state index in [1.54, 1.807) is 17.2 Å². The molecule has 1 fully saturated rings. The van der Waals surface area contributed by atoms with E-state index in [-0.39, 0.29) is 23.7 Å². The van der Waals surface area contributed by atoms with Crippen molar-refractivity contribution in [2.45, 2.75) is 59.1 Å². The third-order valence-corrected chi connectivity index (χ3v) is 6.95. The number of hydrogen-bond donors (Lipinski definition) is 1. The van der Waals surface area contributed by atoms with Gasteiger partial charge in [0.2, 0.25) is 11.9 Å². The Labute approximate surface area is 241 Å². The Bertz CT molecular complexity index is 1340. The molecule has 1 N–H and O–H groups in total. The Morgan fingerprint density at radius 2 is 1.90 bits per heavy atom. The highest BCUT2D eigenvalue weighted by Crippen LogP contribution is 2.24. The zero-order valence-corrected chi connectivity index (χ0v) is 24.4. The van der Waals surface area contributed by atoms with E-state index in [1.165, 1.54) is 12.1 Å². The van der Waals surface area contributed by atoms with Crippen LogP contribution in [0.4, 0.5) is 15.1 Å². The fourth-order valence-electron chi connectivity index (χ4n) is 4.94. The number of likely N-dealkylation sites (tertiary alicyclic amines) is 1. The number of nitrogens with one attached hydrogen (secondary N) is 1. The van der Waals surface area contributed by atoms with Crippen molar-refractivity contribution in [1.82, 2.24) is 19.8 Å². The molecule has 9 heteroatoms. The fourth-order valence-corrected chi connectivity index (χ4v) is 4.94. The van der Waals surface area contributed by atoms with E-state index in [0.717, 1.165) is 35.2 Å². The molecule has 1 atom stereocenters. The second-order valence-electron chi connectivity index (χ2n) is 11.4. The van der Waals surface area contributed by atoms with Crippen LogP contribution in [0.1, 0.15) is 51.7 Å². The zero-order valence-electron chi connectivity index (χ0n) is 24.4. The van der Waals surface area contributed by atoms with Gasteiger partial charge in [-0.2, -0.15) is 0 Å². The molecule has 218 valence electrons. The number of halogens is 1. The van der Waals surface area contributed by atoms with Crippen molar-refractivity contribution in [2.24, 2.45) is 5.92 Å². The van der Waals surface area contributed by atoms with Crippen molar-refractivity contribution in [2.75, 3.05) is 31.5 Å². The summed E-state index contributed by atoms with van der Waals surface area (Å²) in [5.74, 6) is 0.0623. The van der Waals surface area contributed by atoms with E-state index in [0.29, 0.717) is 45.1 Å². The van der Waals surface area contributed by atoms with E-state index >= 15 is 0 Å². The van der Waals surface area contributed by atoms with Crippen LogP contribution in [-0.4, -0.2) is 63.5 Å². The lowest BCUT2D eigenvalue weighted by atomic mass is 9.96. The van der Waals surface area contributed by atoms with Crippen LogP contribution in [0.15, 0.2) is 60.8 Å². The lowest BCUT2D eigenvalue weighted by molar-refractivity contribution is -0.137. The first-order valence-corrected chi connectivity index (χ1v) is 14.3. The van der Waals surface area contributed by atoms with Gasteiger partial charge in [-0.25, -0.2) is 19.2 Å². The first-order chi connectivity index (χ1) is 19.6. The molecule has 0 bridgehead atoms. The van der Waals surface area contributed by atoms with Crippen molar-refractivity contribution in [1.29, 1.82) is 0 Å². The average molecular weight is 562 g/mol. The molecule has 3 aromatic rings. The third-order valence-electron chi connectivity index (χ3n) is 6.95. The topological polar surface area (TPSA) is 87.7 Å². The van der Waals surface area contributed by atoms with Crippen LogP contribution in [0.5, 0.6) is 0 Å². The summed E-state index contributed by atoms with van der Waals surface area (Å²) in [4.78, 5) is 38.6. The standard InChI is InChI=1S/C32H40FN5O3/c1-5-37(29(39)26-12-8-18-38(22-26)31(40)41-32(2,3)4)21-24-10-6-11-25(19-24)28-15-17-35-30(36-28)34-16-14-23-9-7-13-27(33)20-23/h6-7,9-11,13,15,17,19-20,26H,5,8,12,14,16,18,21-22H2,1-4H3,(H,34,35,36). The Kier molecular flexibility index (Phi) is 9.91. The summed E-state index contributed by atoms with van der Waals surface area (Å²) >= 11 is 0. The number of amides is 2. The predicted molar refractivity (Wildman–Crippen MR) is 158 cm³/mol. The largest absolute Gasteiger partial charge is 0.444 e. The molecule has 1 saturated heterocycles. The number of benzene rings is 2. The summed E-state index contributed by atoms with van der Waals surface area (Å²) in [6.07, 6.45) is 3.53. The van der Waals surface area contributed by atoms with Gasteiger partial charge >= 0.3 is 6.09 Å². The molecule has 1 aliphatic rings. The van der Waals surface area contributed by atoms with Gasteiger partial charge in [0.05, 0.1) is 11.6 Å². The van der Waals surface area contributed by atoms with E-state index < -0.39 is 5.60 Å². The molecule has 0 saturated carbocycles. The molecule has 0 aliphatic carbocycles. The Morgan fingerprint density at radius 1 is 1.12 bits per heavy atom. The van der Waals surface area contributed by atoms with Crippen molar-refractivity contribution in [3.05, 3.63) is 77.7 Å². The van der Waals surface area contributed by atoms with E-state index in [4.69, 9.17) is 4.74 Å². The maximum atomic E-state index is 13.5. The number of hydrogen-bond acceptors (Lipinski definition) is 6. The number of piperidine rings is 1. The molecular weight excluding hydrogens is 521 g/mol. The fraction of sp³-hybridized carbons (Fsp3) is 0.438. The zero-order chi connectivity index (χ0) is 29.4. The molecule has 2 aromatic carbocycles. The number of carbonyl (C=O) groups is 2. The maximum absolute atomic E-state index is 13.5. The van der Waals surface area contributed by atoms with Crippen LogP contribution in [-0.2, 0) is 22.5 Å². The molecule has 1 aliphatic heterocycles. The van der Waals surface area contributed by atoms with E-state index in [9.17, 15) is 14.0 Å². The van der Waals surface area contributed by atoms with Crippen molar-refractivity contribution >= 4 is 17.9 Å². The van der Waals surface area contributed by atoms with E-state index in [2.05, 4.69) is 15.3 Å². The summed E-state index contributed by atoms with van der Waals surface area (Å²) in [7, 11) is 0. The summed E-state index contributed by atoms with van der Waals surface area (Å²) < 4.78 is 19.0. The first-order valence-electron chi connectivity index (χ1n) is 14.3. The average Bonchev–Trinajstić information content (AvgIpc) is 2.95. The highest BCUT2D eigenvalue weighted by molar-refractivity contribution is 5.80. The highest BCUT2D eigenvalue weighted by Gasteiger charge is 2.33. The number of rotatable bonds is 9. The van der Waals surface area contributed by atoms with Crippen molar-refractivity contribution in [3.8, 4) is 11.3 Å². The molecule has 2 heterocycles. The summed E-state index contributed by atoms with van der Waals surface area (Å²) in [6, 6.07) is 16.4. The molecule has 41 heavy (non-hydrogen) atoms. The van der Waals surface area contributed by atoms with E-state index in [1.807, 2.05) is 69.0 Å². The van der Waals surface area contributed by atoms with Crippen molar-refractivity contribution in [3.63, 3.8) is 0 Å². The number of nitrogens with zero attached hydrogens (tertiary/aromatic N) is 4. The van der Waals surface area contributed by atoms with Crippen LogP contribution in [0.25, 0.3) is 11.3 Å². The molecule has 1 aromatic heterocycles. The summed E-state index contributed by atoms with van der Waals surface area (Å²) in [6.45, 7) is 10.1. The monoisotopic (exact) mass is 561 g/mol. The van der Waals surface area contributed by atoms with Gasteiger partial charge in [0.15, 0.2) is 0 Å². The lowest BCUT2D eigenvalue weighted by Gasteiger charge is -2.35. The maximum Gasteiger partial charge on any atom is 0.410 e. The normalized spacial score (nSPS) is 15.3. The van der Waals surface area contributed by atoms with Gasteiger partial charge in [-0.3, -0.25) is 4.79 Å². The minimum atomic E-state index is -0.572. The Hall–Kier alpha value is -4.01. The summed E-state index contributed by atoms with van der Waals surface area (Å²) in [5.41, 5.74) is 3.02. The van der Waals surface area contributed by atoms with Crippen LogP contribution in [0.2, 0.25) is 0 Å². The first kappa shape index (κ1) is 30.0. The van der Waals surface area contributed by atoms with Gasteiger partial charge in [-0.1, -0.05) is 30.3 Å². The number of ether oxygens (including phenoxy) is 1. The van der Waals surface area contributed by atoms with Crippen LogP contribution < -0.4 is 5.32 Å². The van der Waals surface area contributed by atoms with Gasteiger partial charge in [0.25, 0.3) is 0 Å². The molecule has 0 spiro atoms. The Balaban J connectivity index is 1.38. The molecule has 1 unspecified atom stereocenters. The lowest BCUT2D eigenvalue weighted by Crippen LogP contribution is -2.47. The van der Waals surface area contributed by atoms with Crippen LogP contribution >= 0.6 is 0 Å². The van der Waals surface area contributed by atoms with Crippen LogP contribution in [0, 0.1) is 11.7 Å². The van der Waals surface area contributed by atoms with Gasteiger partial charge < -0.3 is 19.9 Å². The highest BCUT2D eigenvalue weighted by atomic mass is 19.1. The van der Waals surface area contributed by atoms with Gasteiger partial charge in [0, 0.05) is 44.5 Å². The SMILES string of the molecule is CCN(Cc1cccc(-c2ccnc(NCCc3cccc(F)c3)n2)c1)C(=O)C1CCCN(C(=O)OC(C)(C)C)C1. The van der Waals surface area contributed by atoms with Gasteiger partial charge in [0.1, 0.15) is 11.4 Å². The third kappa shape index (κ3) is 8.74. The molecule has 4 rings (SSSR count). The van der Waals surface area contributed by atoms with Crippen molar-refractivity contribution < 1.29 is 18.7 Å².